The molecule has 1 N–H and O–H groups in total. The van der Waals surface area contributed by atoms with Gasteiger partial charge in [-0.2, -0.15) is 0 Å². The number of nitrogens with zero attached hydrogens (tertiary/aromatic N) is 2. The van der Waals surface area contributed by atoms with E-state index in [1.165, 1.54) is 0 Å². The van der Waals surface area contributed by atoms with Crippen LogP contribution in [0.1, 0.15) is 19.8 Å². The summed E-state index contributed by atoms with van der Waals surface area (Å²) < 4.78 is 0.912. The fourth-order valence-electron chi connectivity index (χ4n) is 1.87. The molecule has 2 heterocycles. The van der Waals surface area contributed by atoms with E-state index in [1.54, 1.807) is 12.3 Å². The van der Waals surface area contributed by atoms with E-state index in [2.05, 4.69) is 33.2 Å². The minimum atomic E-state index is -0.0532. The lowest BCUT2D eigenvalue weighted by Crippen LogP contribution is -2.40. The summed E-state index contributed by atoms with van der Waals surface area (Å²) in [6.45, 7) is 3.90. The van der Waals surface area contributed by atoms with Crippen LogP contribution in [0.2, 0.25) is 0 Å². The van der Waals surface area contributed by atoms with Crippen LogP contribution in [0.25, 0.3) is 0 Å². The molecule has 1 fully saturated rings. The Hall–Kier alpha value is -1.10. The topological polar surface area (TPSA) is 45.2 Å². The maximum absolute atomic E-state index is 11.9. The molecule has 0 aliphatic carbocycles. The molecule has 4 nitrogen and oxygen atoms in total. The minimum Gasteiger partial charge on any atom is -0.324 e. The van der Waals surface area contributed by atoms with Crippen molar-refractivity contribution >= 4 is 27.8 Å². The molecular formula is C12H16BrN3O. The van der Waals surface area contributed by atoms with Gasteiger partial charge in [-0.15, -0.1) is 0 Å². The summed E-state index contributed by atoms with van der Waals surface area (Å²) in [4.78, 5) is 17.9. The van der Waals surface area contributed by atoms with Crippen LogP contribution in [-0.2, 0) is 0 Å². The van der Waals surface area contributed by atoms with Crippen LogP contribution >= 0.6 is 15.9 Å². The van der Waals surface area contributed by atoms with Crippen LogP contribution in [0.15, 0.2) is 22.8 Å². The van der Waals surface area contributed by atoms with Crippen LogP contribution in [0.3, 0.4) is 0 Å². The van der Waals surface area contributed by atoms with Crippen molar-refractivity contribution in [3.63, 3.8) is 0 Å². The lowest BCUT2D eigenvalue weighted by atomic mass is 10.00. The number of carbonyl (C=O) groups excluding carboxylic acids is 1. The number of aromatic nitrogens is 1. The Morgan fingerprint density at radius 3 is 2.88 bits per heavy atom. The molecule has 0 aromatic carbocycles. The molecule has 1 saturated heterocycles. The SMILES string of the molecule is CC1CCN(C(=O)Nc2cc(Br)ccn2)CC1. The van der Waals surface area contributed by atoms with Gasteiger partial charge in [0.25, 0.3) is 0 Å². The molecule has 17 heavy (non-hydrogen) atoms. The molecule has 0 atom stereocenters. The van der Waals surface area contributed by atoms with Crippen LogP contribution in [0, 0.1) is 5.92 Å². The number of nitrogens with one attached hydrogen (secondary N) is 1. The molecule has 92 valence electrons. The molecule has 1 aromatic rings. The second-order valence-electron chi connectivity index (χ2n) is 4.46. The fraction of sp³-hybridized carbons (Fsp3) is 0.500. The predicted octanol–water partition coefficient (Wildman–Crippen LogP) is 3.11. The zero-order valence-electron chi connectivity index (χ0n) is 9.82. The van der Waals surface area contributed by atoms with Crippen LogP contribution < -0.4 is 5.32 Å². The molecule has 5 heteroatoms. The quantitative estimate of drug-likeness (QED) is 0.866. The van der Waals surface area contributed by atoms with Crippen molar-refractivity contribution in [3.8, 4) is 0 Å². The Kier molecular flexibility index (Phi) is 3.99. The summed E-state index contributed by atoms with van der Waals surface area (Å²) in [7, 11) is 0. The number of anilines is 1. The standard InChI is InChI=1S/C12H16BrN3O/c1-9-3-6-16(7-4-9)12(17)15-11-8-10(13)2-5-14-11/h2,5,8-9H,3-4,6-7H2,1H3,(H,14,15,17). The Morgan fingerprint density at radius 2 is 2.24 bits per heavy atom. The van der Waals surface area contributed by atoms with E-state index in [0.717, 1.165) is 36.3 Å². The molecule has 0 radical (unpaired) electrons. The Labute approximate surface area is 110 Å². The second-order valence-corrected chi connectivity index (χ2v) is 5.37. The number of hydrogen-bond donors (Lipinski definition) is 1. The number of piperidine rings is 1. The summed E-state index contributed by atoms with van der Waals surface area (Å²) in [6, 6.07) is 3.57. The third kappa shape index (κ3) is 3.43. The average Bonchev–Trinajstić information content (AvgIpc) is 2.29. The van der Waals surface area contributed by atoms with Gasteiger partial charge >= 0.3 is 6.03 Å². The van der Waals surface area contributed by atoms with Crippen LogP contribution in [0.4, 0.5) is 10.6 Å². The lowest BCUT2D eigenvalue weighted by Gasteiger charge is -2.30. The summed E-state index contributed by atoms with van der Waals surface area (Å²) >= 11 is 3.35. The van der Waals surface area contributed by atoms with Gasteiger partial charge < -0.3 is 4.90 Å². The first-order valence-electron chi connectivity index (χ1n) is 5.82. The van der Waals surface area contributed by atoms with E-state index in [0.29, 0.717) is 5.82 Å². The van der Waals surface area contributed by atoms with Gasteiger partial charge in [0, 0.05) is 23.8 Å². The van der Waals surface area contributed by atoms with Gasteiger partial charge in [-0.3, -0.25) is 5.32 Å². The van der Waals surface area contributed by atoms with Crippen molar-refractivity contribution in [2.75, 3.05) is 18.4 Å². The maximum Gasteiger partial charge on any atom is 0.323 e. The molecular weight excluding hydrogens is 282 g/mol. The molecule has 0 saturated carbocycles. The third-order valence-electron chi connectivity index (χ3n) is 3.03. The van der Waals surface area contributed by atoms with E-state index in [9.17, 15) is 4.79 Å². The molecule has 1 aromatic heterocycles. The molecule has 1 aliphatic rings. The number of likely N-dealkylation sites (tertiary alicyclic amines) is 1. The zero-order valence-corrected chi connectivity index (χ0v) is 11.4. The number of urea groups is 1. The normalized spacial score (nSPS) is 16.9. The third-order valence-corrected chi connectivity index (χ3v) is 3.52. The Balaban J connectivity index is 1.93. The van der Waals surface area contributed by atoms with E-state index in [1.807, 2.05) is 11.0 Å². The van der Waals surface area contributed by atoms with Gasteiger partial charge in [0.1, 0.15) is 5.82 Å². The highest BCUT2D eigenvalue weighted by Gasteiger charge is 2.20. The van der Waals surface area contributed by atoms with E-state index in [4.69, 9.17) is 0 Å². The predicted molar refractivity (Wildman–Crippen MR) is 70.9 cm³/mol. The van der Waals surface area contributed by atoms with Gasteiger partial charge in [0.2, 0.25) is 0 Å². The monoisotopic (exact) mass is 297 g/mol. The van der Waals surface area contributed by atoms with Gasteiger partial charge in [0.15, 0.2) is 0 Å². The summed E-state index contributed by atoms with van der Waals surface area (Å²) in [5.41, 5.74) is 0. The lowest BCUT2D eigenvalue weighted by molar-refractivity contribution is 0.186. The summed E-state index contributed by atoms with van der Waals surface area (Å²) in [5, 5.41) is 2.81. The second kappa shape index (κ2) is 5.49. The van der Waals surface area contributed by atoms with Gasteiger partial charge in [-0.05, 0) is 30.9 Å². The average molecular weight is 298 g/mol. The first-order chi connectivity index (χ1) is 8.15. The van der Waals surface area contributed by atoms with E-state index >= 15 is 0 Å². The zero-order chi connectivity index (χ0) is 12.3. The molecule has 1 aliphatic heterocycles. The number of pyridine rings is 1. The minimum absolute atomic E-state index is 0.0532. The van der Waals surface area contributed by atoms with Gasteiger partial charge in [-0.25, -0.2) is 9.78 Å². The summed E-state index contributed by atoms with van der Waals surface area (Å²) in [6.07, 6.45) is 3.83. The van der Waals surface area contributed by atoms with Crippen molar-refractivity contribution in [2.45, 2.75) is 19.8 Å². The number of halogens is 1. The highest BCUT2D eigenvalue weighted by molar-refractivity contribution is 9.10. The number of amides is 2. The Morgan fingerprint density at radius 1 is 1.53 bits per heavy atom. The van der Waals surface area contributed by atoms with Gasteiger partial charge in [0.05, 0.1) is 0 Å². The van der Waals surface area contributed by atoms with Gasteiger partial charge in [-0.1, -0.05) is 22.9 Å². The Bertz CT molecular complexity index is 402. The molecule has 2 amide bonds. The number of hydrogen-bond acceptors (Lipinski definition) is 2. The molecule has 0 bridgehead atoms. The van der Waals surface area contributed by atoms with Crippen molar-refractivity contribution in [1.29, 1.82) is 0 Å². The largest absolute Gasteiger partial charge is 0.324 e. The maximum atomic E-state index is 11.9. The first kappa shape index (κ1) is 12.4. The van der Waals surface area contributed by atoms with E-state index < -0.39 is 0 Å². The number of rotatable bonds is 1. The fourth-order valence-corrected chi connectivity index (χ4v) is 2.21. The van der Waals surface area contributed by atoms with Crippen LogP contribution in [-0.4, -0.2) is 29.0 Å². The van der Waals surface area contributed by atoms with Crippen LogP contribution in [0.5, 0.6) is 0 Å². The smallest absolute Gasteiger partial charge is 0.323 e. The highest BCUT2D eigenvalue weighted by atomic mass is 79.9. The van der Waals surface area contributed by atoms with E-state index in [-0.39, 0.29) is 6.03 Å². The van der Waals surface area contributed by atoms with Crippen molar-refractivity contribution in [3.05, 3.63) is 22.8 Å². The first-order valence-corrected chi connectivity index (χ1v) is 6.62. The molecule has 2 rings (SSSR count). The summed E-state index contributed by atoms with van der Waals surface area (Å²) in [5.74, 6) is 1.31. The van der Waals surface area contributed by atoms with Crippen molar-refractivity contribution in [1.82, 2.24) is 9.88 Å². The van der Waals surface area contributed by atoms with Crippen molar-refractivity contribution < 1.29 is 4.79 Å². The molecule has 0 unspecified atom stereocenters. The molecule has 0 spiro atoms. The highest BCUT2D eigenvalue weighted by Crippen LogP contribution is 2.17. The number of carbonyl (C=O) groups is 1. The van der Waals surface area contributed by atoms with Crippen molar-refractivity contribution in [2.24, 2.45) is 5.92 Å².